The Kier molecular flexibility index (Phi) is 10.9. The van der Waals surface area contributed by atoms with Crippen LogP contribution in [-0.4, -0.2) is 45.5 Å². The van der Waals surface area contributed by atoms with Crippen LogP contribution in [0.15, 0.2) is 0 Å². The van der Waals surface area contributed by atoms with Gasteiger partial charge in [0.2, 0.25) is 5.91 Å². The molecule has 0 aromatic heterocycles. The maximum atomic E-state index is 11.8. The number of esters is 1. The number of unbranched alkanes of at least 4 members (excludes halogenated alkanes) is 1. The molecule has 0 aromatic rings. The molecule has 0 aliphatic heterocycles. The summed E-state index contributed by atoms with van der Waals surface area (Å²) in [6.45, 7) is 0.311. The fourth-order valence-corrected chi connectivity index (χ4v) is 1.65. The van der Waals surface area contributed by atoms with Crippen molar-refractivity contribution in [3.05, 3.63) is 0 Å². The van der Waals surface area contributed by atoms with Gasteiger partial charge in [-0.25, -0.2) is 10.7 Å². The molecule has 2 amide bonds. The number of rotatable bonds is 10. The lowest BCUT2D eigenvalue weighted by molar-refractivity contribution is -0.144. The minimum Gasteiger partial charge on any atom is -0.469 e. The highest BCUT2D eigenvalue weighted by Gasteiger charge is 2.21. The number of methoxy groups -OCH3 is 2. The first kappa shape index (κ1) is 19.1. The van der Waals surface area contributed by atoms with E-state index in [4.69, 9.17) is 5.90 Å². The van der Waals surface area contributed by atoms with E-state index in [1.54, 1.807) is 0 Å². The van der Waals surface area contributed by atoms with E-state index in [1.807, 2.05) is 0 Å². The molecule has 0 aliphatic rings. The Morgan fingerprint density at radius 1 is 1.10 bits per heavy atom. The fourth-order valence-electron chi connectivity index (χ4n) is 1.65. The second-order valence-electron chi connectivity index (χ2n) is 4.24. The van der Waals surface area contributed by atoms with Crippen molar-refractivity contribution >= 4 is 18.0 Å². The maximum Gasteiger partial charge on any atom is 0.406 e. The summed E-state index contributed by atoms with van der Waals surface area (Å²) in [5.41, 5.74) is 0. The Labute approximate surface area is 123 Å². The van der Waals surface area contributed by atoms with Crippen LogP contribution in [0.1, 0.15) is 25.7 Å². The van der Waals surface area contributed by atoms with E-state index in [1.165, 1.54) is 14.2 Å². The van der Waals surface area contributed by atoms with Gasteiger partial charge < -0.3 is 20.1 Å². The van der Waals surface area contributed by atoms with Crippen molar-refractivity contribution in [2.45, 2.75) is 25.7 Å². The predicted octanol–water partition coefficient (Wildman–Crippen LogP) is -0.344. The Bertz CT molecular complexity index is 337. The number of nitrogens with one attached hydrogen (secondary N) is 2. The van der Waals surface area contributed by atoms with Gasteiger partial charge in [-0.3, -0.25) is 14.4 Å². The topological polar surface area (TPSA) is 129 Å². The molecule has 0 aromatic carbocycles. The molecule has 0 radical (unpaired) electrons. The Morgan fingerprint density at radius 3 is 2.38 bits per heavy atom. The number of alkyl carbamates (subject to hydrolysis) is 1. The zero-order valence-corrected chi connectivity index (χ0v) is 12.3. The highest BCUT2D eigenvalue weighted by molar-refractivity contribution is 5.83. The Hall–Kier alpha value is -1.87. The lowest BCUT2D eigenvalue weighted by atomic mass is 9.97. The third-order valence-corrected chi connectivity index (χ3v) is 2.78. The molecule has 0 saturated carbocycles. The van der Waals surface area contributed by atoms with Crippen molar-refractivity contribution in [1.29, 1.82) is 0 Å². The SMILES string of the molecule is COC(=O)CC(CCCCNC(=O)OC)C(=O)NCON. The van der Waals surface area contributed by atoms with Crippen molar-refractivity contribution < 1.29 is 28.7 Å². The zero-order valence-electron chi connectivity index (χ0n) is 12.3. The number of amides is 2. The lowest BCUT2D eigenvalue weighted by Crippen LogP contribution is -2.34. The lowest BCUT2D eigenvalue weighted by Gasteiger charge is -2.15. The monoisotopic (exact) mass is 305 g/mol. The molecular formula is C12H23N3O6. The van der Waals surface area contributed by atoms with Gasteiger partial charge in [-0.05, 0) is 12.8 Å². The normalized spacial score (nSPS) is 11.4. The summed E-state index contributed by atoms with van der Waals surface area (Å²) in [6, 6.07) is 0. The summed E-state index contributed by atoms with van der Waals surface area (Å²) < 4.78 is 8.99. The van der Waals surface area contributed by atoms with Gasteiger partial charge in [0, 0.05) is 12.5 Å². The van der Waals surface area contributed by atoms with Gasteiger partial charge >= 0.3 is 12.1 Å². The first-order valence-electron chi connectivity index (χ1n) is 6.53. The first-order valence-corrected chi connectivity index (χ1v) is 6.53. The summed E-state index contributed by atoms with van der Waals surface area (Å²) in [5, 5.41) is 4.98. The maximum absolute atomic E-state index is 11.8. The Balaban J connectivity index is 4.12. The zero-order chi connectivity index (χ0) is 16.1. The van der Waals surface area contributed by atoms with Gasteiger partial charge in [-0.2, -0.15) is 0 Å². The van der Waals surface area contributed by atoms with Gasteiger partial charge in [-0.1, -0.05) is 6.42 Å². The molecule has 1 atom stereocenters. The molecule has 0 heterocycles. The van der Waals surface area contributed by atoms with Gasteiger partial charge in [0.15, 0.2) is 0 Å². The van der Waals surface area contributed by atoms with Crippen LogP contribution in [-0.2, 0) is 23.9 Å². The summed E-state index contributed by atoms with van der Waals surface area (Å²) >= 11 is 0. The molecule has 4 N–H and O–H groups in total. The summed E-state index contributed by atoms with van der Waals surface area (Å²) in [6.07, 6.45) is 1.28. The average Bonchev–Trinajstić information content (AvgIpc) is 2.50. The molecule has 0 aliphatic carbocycles. The van der Waals surface area contributed by atoms with E-state index in [-0.39, 0.29) is 19.1 Å². The average molecular weight is 305 g/mol. The summed E-state index contributed by atoms with van der Waals surface area (Å²) in [5.74, 6) is 3.52. The quantitative estimate of drug-likeness (QED) is 0.218. The Morgan fingerprint density at radius 2 is 1.81 bits per heavy atom. The summed E-state index contributed by atoms with van der Waals surface area (Å²) in [7, 11) is 2.55. The van der Waals surface area contributed by atoms with Crippen molar-refractivity contribution in [3.8, 4) is 0 Å². The van der Waals surface area contributed by atoms with Crippen molar-refractivity contribution in [3.63, 3.8) is 0 Å². The van der Waals surface area contributed by atoms with Crippen LogP contribution in [0, 0.1) is 5.92 Å². The minimum absolute atomic E-state index is 0.0165. The van der Waals surface area contributed by atoms with Crippen LogP contribution in [0.4, 0.5) is 4.79 Å². The molecular weight excluding hydrogens is 282 g/mol. The predicted molar refractivity (Wildman–Crippen MR) is 72.7 cm³/mol. The van der Waals surface area contributed by atoms with Crippen molar-refractivity contribution in [2.75, 3.05) is 27.5 Å². The number of carbonyl (C=O) groups excluding carboxylic acids is 3. The second-order valence-corrected chi connectivity index (χ2v) is 4.24. The van der Waals surface area contributed by atoms with E-state index in [0.717, 1.165) is 0 Å². The third kappa shape index (κ3) is 9.63. The number of nitrogens with two attached hydrogens (primary N) is 1. The van der Waals surface area contributed by atoms with E-state index >= 15 is 0 Å². The molecule has 9 nitrogen and oxygen atoms in total. The van der Waals surface area contributed by atoms with E-state index in [9.17, 15) is 14.4 Å². The molecule has 0 bridgehead atoms. The van der Waals surface area contributed by atoms with Gasteiger partial charge in [0.05, 0.1) is 20.6 Å². The second kappa shape index (κ2) is 11.9. The highest BCUT2D eigenvalue weighted by atomic mass is 16.6. The van der Waals surface area contributed by atoms with Crippen LogP contribution >= 0.6 is 0 Å². The van der Waals surface area contributed by atoms with E-state index in [2.05, 4.69) is 24.9 Å². The number of carbonyl (C=O) groups is 3. The van der Waals surface area contributed by atoms with E-state index < -0.39 is 18.0 Å². The van der Waals surface area contributed by atoms with Gasteiger partial charge in [0.1, 0.15) is 6.73 Å². The molecule has 0 saturated heterocycles. The number of ether oxygens (including phenoxy) is 2. The number of hydrogen-bond acceptors (Lipinski definition) is 7. The van der Waals surface area contributed by atoms with E-state index in [0.29, 0.717) is 25.8 Å². The minimum atomic E-state index is -0.522. The molecule has 122 valence electrons. The van der Waals surface area contributed by atoms with Crippen LogP contribution in [0.2, 0.25) is 0 Å². The van der Waals surface area contributed by atoms with Crippen LogP contribution in [0.25, 0.3) is 0 Å². The fraction of sp³-hybridized carbons (Fsp3) is 0.750. The largest absolute Gasteiger partial charge is 0.469 e. The molecule has 9 heteroatoms. The third-order valence-electron chi connectivity index (χ3n) is 2.78. The van der Waals surface area contributed by atoms with Gasteiger partial charge in [0.25, 0.3) is 0 Å². The molecule has 21 heavy (non-hydrogen) atoms. The molecule has 0 rings (SSSR count). The molecule has 0 spiro atoms. The highest BCUT2D eigenvalue weighted by Crippen LogP contribution is 2.14. The summed E-state index contributed by atoms with van der Waals surface area (Å²) in [4.78, 5) is 38.2. The standard InChI is InChI=1S/C12H23N3O6/c1-19-10(16)7-9(11(17)15-8-21-13)5-3-4-6-14-12(18)20-2/h9H,3-8,13H2,1-2H3,(H,14,18)(H,15,17). The van der Waals surface area contributed by atoms with Crippen molar-refractivity contribution in [1.82, 2.24) is 10.6 Å². The van der Waals surface area contributed by atoms with Crippen LogP contribution in [0.3, 0.4) is 0 Å². The smallest absolute Gasteiger partial charge is 0.406 e. The van der Waals surface area contributed by atoms with Crippen molar-refractivity contribution in [2.24, 2.45) is 11.8 Å². The molecule has 0 fully saturated rings. The van der Waals surface area contributed by atoms with Crippen LogP contribution < -0.4 is 16.5 Å². The number of hydrogen-bond donors (Lipinski definition) is 3. The van der Waals surface area contributed by atoms with Gasteiger partial charge in [-0.15, -0.1) is 0 Å². The molecule has 1 unspecified atom stereocenters. The van der Waals surface area contributed by atoms with Crippen LogP contribution in [0.5, 0.6) is 0 Å². The first-order chi connectivity index (χ1) is 10.0.